The third-order valence-electron chi connectivity index (χ3n) is 4.40. The van der Waals surface area contributed by atoms with Crippen molar-refractivity contribution >= 4 is 17.4 Å². The maximum absolute atomic E-state index is 12.4. The Morgan fingerprint density at radius 1 is 1.12 bits per heavy atom. The van der Waals surface area contributed by atoms with Crippen LogP contribution in [-0.2, 0) is 0 Å². The molecule has 1 aliphatic carbocycles. The molecule has 1 aromatic heterocycles. The standard InChI is InChI=1S/C19H21N5O/c20-12-14-7-5-6-10-16(14)24-19(25)17-11-18(22-13-21-17)23-15-8-3-1-2-4-9-15/h5-7,10-11,13,15H,1-4,8-9H2,(H,24,25)(H,21,22,23). The summed E-state index contributed by atoms with van der Waals surface area (Å²) in [5.74, 6) is 0.314. The van der Waals surface area contributed by atoms with Gasteiger partial charge in [-0.05, 0) is 25.0 Å². The average molecular weight is 335 g/mol. The molecule has 1 heterocycles. The molecular formula is C19H21N5O. The molecule has 1 aliphatic rings. The van der Waals surface area contributed by atoms with Gasteiger partial charge in [-0.3, -0.25) is 4.79 Å². The average Bonchev–Trinajstić information content (AvgIpc) is 2.91. The highest BCUT2D eigenvalue weighted by atomic mass is 16.1. The van der Waals surface area contributed by atoms with E-state index in [2.05, 4.69) is 26.7 Å². The molecule has 0 unspecified atom stereocenters. The molecule has 6 nitrogen and oxygen atoms in total. The smallest absolute Gasteiger partial charge is 0.274 e. The highest BCUT2D eigenvalue weighted by Crippen LogP contribution is 2.21. The van der Waals surface area contributed by atoms with Crippen LogP contribution >= 0.6 is 0 Å². The van der Waals surface area contributed by atoms with Crippen molar-refractivity contribution < 1.29 is 4.79 Å². The van der Waals surface area contributed by atoms with Crippen LogP contribution in [0.25, 0.3) is 0 Å². The van der Waals surface area contributed by atoms with Crippen molar-refractivity contribution in [1.29, 1.82) is 5.26 Å². The summed E-state index contributed by atoms with van der Waals surface area (Å²) in [4.78, 5) is 20.7. The van der Waals surface area contributed by atoms with Gasteiger partial charge in [-0.2, -0.15) is 5.26 Å². The molecule has 0 bridgehead atoms. The Morgan fingerprint density at radius 2 is 1.88 bits per heavy atom. The number of para-hydroxylation sites is 1. The molecule has 25 heavy (non-hydrogen) atoms. The van der Waals surface area contributed by atoms with Gasteiger partial charge in [-0.25, -0.2) is 9.97 Å². The Kier molecular flexibility index (Phi) is 5.57. The lowest BCUT2D eigenvalue weighted by molar-refractivity contribution is 0.102. The van der Waals surface area contributed by atoms with Gasteiger partial charge in [0, 0.05) is 12.1 Å². The van der Waals surface area contributed by atoms with Crippen LogP contribution in [0.2, 0.25) is 0 Å². The van der Waals surface area contributed by atoms with Gasteiger partial charge in [0.2, 0.25) is 0 Å². The van der Waals surface area contributed by atoms with E-state index in [0.29, 0.717) is 23.1 Å². The summed E-state index contributed by atoms with van der Waals surface area (Å²) in [6, 6.07) is 11.0. The minimum atomic E-state index is -0.353. The molecule has 2 aromatic rings. The van der Waals surface area contributed by atoms with E-state index in [1.54, 1.807) is 30.3 Å². The van der Waals surface area contributed by atoms with E-state index in [0.717, 1.165) is 12.8 Å². The molecule has 0 saturated heterocycles. The number of hydrogen-bond acceptors (Lipinski definition) is 5. The molecule has 0 atom stereocenters. The first-order valence-corrected chi connectivity index (χ1v) is 8.65. The summed E-state index contributed by atoms with van der Waals surface area (Å²) in [5.41, 5.74) is 1.17. The van der Waals surface area contributed by atoms with Crippen LogP contribution in [0.15, 0.2) is 36.7 Å². The second-order valence-electron chi connectivity index (χ2n) is 6.23. The van der Waals surface area contributed by atoms with Gasteiger partial charge in [0.25, 0.3) is 5.91 Å². The van der Waals surface area contributed by atoms with Crippen molar-refractivity contribution in [3.8, 4) is 6.07 Å². The minimum absolute atomic E-state index is 0.277. The number of carbonyl (C=O) groups is 1. The number of rotatable bonds is 4. The normalized spacial score (nSPS) is 15.0. The fourth-order valence-electron chi connectivity index (χ4n) is 3.07. The number of amides is 1. The molecule has 128 valence electrons. The molecular weight excluding hydrogens is 314 g/mol. The Labute approximate surface area is 147 Å². The molecule has 1 saturated carbocycles. The quantitative estimate of drug-likeness (QED) is 0.831. The fourth-order valence-corrected chi connectivity index (χ4v) is 3.07. The molecule has 1 amide bonds. The number of nitrogens with one attached hydrogen (secondary N) is 2. The number of nitriles is 1. The number of benzene rings is 1. The Bertz CT molecular complexity index is 775. The minimum Gasteiger partial charge on any atom is -0.367 e. The predicted molar refractivity (Wildman–Crippen MR) is 96.3 cm³/mol. The van der Waals surface area contributed by atoms with Crippen molar-refractivity contribution in [2.45, 2.75) is 44.6 Å². The van der Waals surface area contributed by atoms with Gasteiger partial charge in [0.15, 0.2) is 0 Å². The van der Waals surface area contributed by atoms with Crippen LogP contribution in [0.5, 0.6) is 0 Å². The molecule has 1 aromatic carbocycles. The summed E-state index contributed by atoms with van der Waals surface area (Å²) in [7, 11) is 0. The van der Waals surface area contributed by atoms with Gasteiger partial charge < -0.3 is 10.6 Å². The molecule has 6 heteroatoms. The topological polar surface area (TPSA) is 90.7 Å². The predicted octanol–water partition coefficient (Wildman–Crippen LogP) is 3.74. The van der Waals surface area contributed by atoms with Gasteiger partial charge >= 0.3 is 0 Å². The van der Waals surface area contributed by atoms with E-state index in [1.807, 2.05) is 0 Å². The van der Waals surface area contributed by atoms with E-state index in [-0.39, 0.29) is 11.6 Å². The largest absolute Gasteiger partial charge is 0.367 e. The van der Waals surface area contributed by atoms with Crippen molar-refractivity contribution in [2.75, 3.05) is 10.6 Å². The molecule has 0 radical (unpaired) electrons. The summed E-state index contributed by atoms with van der Waals surface area (Å²) >= 11 is 0. The number of aromatic nitrogens is 2. The van der Waals surface area contributed by atoms with Crippen molar-refractivity contribution in [1.82, 2.24) is 9.97 Å². The Hall–Kier alpha value is -2.94. The third kappa shape index (κ3) is 4.54. The first kappa shape index (κ1) is 16.9. The van der Waals surface area contributed by atoms with Gasteiger partial charge in [-0.1, -0.05) is 37.8 Å². The van der Waals surface area contributed by atoms with Crippen LogP contribution < -0.4 is 10.6 Å². The molecule has 3 rings (SSSR count). The fraction of sp³-hybridized carbons (Fsp3) is 0.368. The number of nitrogens with zero attached hydrogens (tertiary/aromatic N) is 3. The summed E-state index contributed by atoms with van der Waals surface area (Å²) in [6.45, 7) is 0. The lowest BCUT2D eigenvalue weighted by Gasteiger charge is -2.17. The van der Waals surface area contributed by atoms with Gasteiger partial charge in [0.05, 0.1) is 11.3 Å². The maximum atomic E-state index is 12.4. The zero-order chi connectivity index (χ0) is 17.5. The van der Waals surface area contributed by atoms with E-state index in [9.17, 15) is 4.79 Å². The lowest BCUT2D eigenvalue weighted by atomic mass is 10.1. The lowest BCUT2D eigenvalue weighted by Crippen LogP contribution is -2.20. The molecule has 2 N–H and O–H groups in total. The third-order valence-corrected chi connectivity index (χ3v) is 4.40. The van der Waals surface area contributed by atoms with Crippen LogP contribution in [0.4, 0.5) is 11.5 Å². The number of anilines is 2. The summed E-state index contributed by atoms with van der Waals surface area (Å²) < 4.78 is 0. The van der Waals surface area contributed by atoms with Crippen molar-refractivity contribution in [3.05, 3.63) is 47.9 Å². The van der Waals surface area contributed by atoms with Crippen LogP contribution in [-0.4, -0.2) is 21.9 Å². The highest BCUT2D eigenvalue weighted by molar-refractivity contribution is 6.03. The zero-order valence-electron chi connectivity index (χ0n) is 14.0. The van der Waals surface area contributed by atoms with E-state index < -0.39 is 0 Å². The van der Waals surface area contributed by atoms with E-state index in [1.165, 1.54) is 32.0 Å². The second-order valence-corrected chi connectivity index (χ2v) is 6.23. The van der Waals surface area contributed by atoms with Crippen LogP contribution in [0, 0.1) is 11.3 Å². The van der Waals surface area contributed by atoms with Crippen molar-refractivity contribution in [2.24, 2.45) is 0 Å². The van der Waals surface area contributed by atoms with E-state index >= 15 is 0 Å². The highest BCUT2D eigenvalue weighted by Gasteiger charge is 2.15. The van der Waals surface area contributed by atoms with Crippen LogP contribution in [0.3, 0.4) is 0 Å². The second kappa shape index (κ2) is 8.25. The molecule has 0 spiro atoms. The monoisotopic (exact) mass is 335 g/mol. The summed E-state index contributed by atoms with van der Waals surface area (Å²) in [5, 5.41) is 15.3. The summed E-state index contributed by atoms with van der Waals surface area (Å²) in [6.07, 6.45) is 8.66. The molecule has 1 fully saturated rings. The number of hydrogen-bond donors (Lipinski definition) is 2. The first-order chi connectivity index (χ1) is 12.3. The SMILES string of the molecule is N#Cc1ccccc1NC(=O)c1cc(NC2CCCCCC2)ncn1. The van der Waals surface area contributed by atoms with Gasteiger partial charge in [-0.15, -0.1) is 0 Å². The Morgan fingerprint density at radius 3 is 2.64 bits per heavy atom. The first-order valence-electron chi connectivity index (χ1n) is 8.65. The maximum Gasteiger partial charge on any atom is 0.274 e. The number of carbonyl (C=O) groups excluding carboxylic acids is 1. The van der Waals surface area contributed by atoms with Gasteiger partial charge in [0.1, 0.15) is 23.9 Å². The Balaban J connectivity index is 1.70. The molecule has 0 aliphatic heterocycles. The zero-order valence-corrected chi connectivity index (χ0v) is 14.0. The van der Waals surface area contributed by atoms with Crippen molar-refractivity contribution in [3.63, 3.8) is 0 Å². The van der Waals surface area contributed by atoms with E-state index in [4.69, 9.17) is 5.26 Å². The van der Waals surface area contributed by atoms with Crippen LogP contribution in [0.1, 0.15) is 54.6 Å².